The SMILES string of the molecule is CCc1cc(C(=O)Nc2cccc(-c3ccc4nnc(-c5ccc(C)o5)n4n3)c2)ccc1F. The predicted molar refractivity (Wildman–Crippen MR) is 122 cm³/mol. The Morgan fingerprint density at radius 3 is 2.73 bits per heavy atom. The first-order valence-corrected chi connectivity index (χ1v) is 10.5. The van der Waals surface area contributed by atoms with E-state index < -0.39 is 0 Å². The molecule has 0 radical (unpaired) electrons. The van der Waals surface area contributed by atoms with Crippen molar-refractivity contribution in [3.8, 4) is 22.8 Å². The van der Waals surface area contributed by atoms with Crippen LogP contribution in [0.5, 0.6) is 0 Å². The molecule has 3 aromatic heterocycles. The molecule has 1 N–H and O–H groups in total. The molecule has 0 unspecified atom stereocenters. The monoisotopic (exact) mass is 441 g/mol. The van der Waals surface area contributed by atoms with Crippen LogP contribution in [0.3, 0.4) is 0 Å². The summed E-state index contributed by atoms with van der Waals surface area (Å²) in [5, 5.41) is 15.9. The molecular formula is C25H20FN5O2. The topological polar surface area (TPSA) is 85.3 Å². The molecule has 8 heteroatoms. The number of rotatable bonds is 5. The largest absolute Gasteiger partial charge is 0.458 e. The lowest BCUT2D eigenvalue weighted by atomic mass is 10.1. The number of aromatic nitrogens is 4. The molecular weight excluding hydrogens is 421 g/mol. The second-order valence-corrected chi connectivity index (χ2v) is 7.62. The molecule has 0 saturated carbocycles. The summed E-state index contributed by atoms with van der Waals surface area (Å²) < 4.78 is 21.1. The third-order valence-electron chi connectivity index (χ3n) is 5.33. The zero-order chi connectivity index (χ0) is 22.9. The number of hydrogen-bond acceptors (Lipinski definition) is 5. The van der Waals surface area contributed by atoms with Crippen LogP contribution in [-0.2, 0) is 6.42 Å². The minimum Gasteiger partial charge on any atom is -0.458 e. The van der Waals surface area contributed by atoms with E-state index in [0.29, 0.717) is 46.2 Å². The number of halogens is 1. The van der Waals surface area contributed by atoms with Crippen LogP contribution in [0.25, 0.3) is 28.5 Å². The molecule has 5 rings (SSSR count). The fraction of sp³-hybridized carbons (Fsp3) is 0.120. The van der Waals surface area contributed by atoms with Gasteiger partial charge >= 0.3 is 0 Å². The molecule has 0 aliphatic carbocycles. The van der Waals surface area contributed by atoms with Gasteiger partial charge in [-0.2, -0.15) is 9.61 Å². The molecule has 0 spiro atoms. The van der Waals surface area contributed by atoms with Crippen LogP contribution < -0.4 is 5.32 Å². The van der Waals surface area contributed by atoms with Gasteiger partial charge in [-0.25, -0.2) is 4.39 Å². The van der Waals surface area contributed by atoms with E-state index in [1.807, 2.05) is 56.3 Å². The highest BCUT2D eigenvalue weighted by Crippen LogP contribution is 2.25. The van der Waals surface area contributed by atoms with Crippen LogP contribution in [0, 0.1) is 12.7 Å². The number of hydrogen-bond donors (Lipinski definition) is 1. The number of amides is 1. The van der Waals surface area contributed by atoms with Gasteiger partial charge in [0.1, 0.15) is 11.6 Å². The van der Waals surface area contributed by atoms with Crippen molar-refractivity contribution in [3.05, 3.63) is 89.4 Å². The number of carbonyl (C=O) groups is 1. The van der Waals surface area contributed by atoms with E-state index in [1.165, 1.54) is 12.1 Å². The Balaban J connectivity index is 1.45. The van der Waals surface area contributed by atoms with Crippen molar-refractivity contribution in [2.75, 3.05) is 5.32 Å². The number of anilines is 1. The van der Waals surface area contributed by atoms with Crippen LogP contribution in [0.1, 0.15) is 28.6 Å². The highest BCUT2D eigenvalue weighted by atomic mass is 19.1. The highest BCUT2D eigenvalue weighted by Gasteiger charge is 2.14. The van der Waals surface area contributed by atoms with Crippen molar-refractivity contribution in [1.29, 1.82) is 0 Å². The number of benzene rings is 2. The molecule has 3 heterocycles. The Hall–Kier alpha value is -4.33. The predicted octanol–water partition coefficient (Wildman–Crippen LogP) is 5.31. The average Bonchev–Trinajstić information content (AvgIpc) is 3.44. The zero-order valence-corrected chi connectivity index (χ0v) is 18.0. The number of fused-ring (bicyclic) bond motifs is 1. The summed E-state index contributed by atoms with van der Waals surface area (Å²) in [6.45, 7) is 3.71. The molecule has 0 bridgehead atoms. The average molecular weight is 441 g/mol. The summed E-state index contributed by atoms with van der Waals surface area (Å²) >= 11 is 0. The standard InChI is InChI=1S/C25H20FN5O2/c1-3-16-13-18(8-9-20(16)26)25(32)27-19-6-4-5-17(14-19)21-10-12-23-28-29-24(31(23)30-21)22-11-7-15(2)33-22/h4-14H,3H2,1-2H3,(H,27,32). The molecule has 0 aliphatic heterocycles. The summed E-state index contributed by atoms with van der Waals surface area (Å²) in [6, 6.07) is 19.1. The number of nitrogens with one attached hydrogen (secondary N) is 1. The van der Waals surface area contributed by atoms with E-state index in [1.54, 1.807) is 16.6 Å². The normalized spacial score (nSPS) is 11.1. The summed E-state index contributed by atoms with van der Waals surface area (Å²) in [5.41, 5.74) is 3.59. The maximum Gasteiger partial charge on any atom is 0.255 e. The van der Waals surface area contributed by atoms with Gasteiger partial charge in [-0.1, -0.05) is 19.1 Å². The van der Waals surface area contributed by atoms with Gasteiger partial charge in [0.15, 0.2) is 11.4 Å². The van der Waals surface area contributed by atoms with Crippen LogP contribution in [0.2, 0.25) is 0 Å². The summed E-state index contributed by atoms with van der Waals surface area (Å²) in [4.78, 5) is 12.7. The summed E-state index contributed by atoms with van der Waals surface area (Å²) in [5.74, 6) is 1.24. The van der Waals surface area contributed by atoms with Gasteiger partial charge < -0.3 is 9.73 Å². The molecule has 5 aromatic rings. The minimum absolute atomic E-state index is 0.306. The Bertz CT molecular complexity index is 1490. The second kappa shape index (κ2) is 8.31. The van der Waals surface area contributed by atoms with Gasteiger partial charge in [-0.3, -0.25) is 4.79 Å². The van der Waals surface area contributed by atoms with Crippen LogP contribution in [0.4, 0.5) is 10.1 Å². The molecule has 2 aromatic carbocycles. The van der Waals surface area contributed by atoms with Crippen molar-refractivity contribution in [2.24, 2.45) is 0 Å². The van der Waals surface area contributed by atoms with E-state index in [-0.39, 0.29) is 11.7 Å². The molecule has 0 aliphatic rings. The number of nitrogens with zero attached hydrogens (tertiary/aromatic N) is 4. The summed E-state index contributed by atoms with van der Waals surface area (Å²) in [6.07, 6.45) is 0.513. The van der Waals surface area contributed by atoms with E-state index in [2.05, 4.69) is 20.6 Å². The maximum absolute atomic E-state index is 13.8. The lowest BCUT2D eigenvalue weighted by Gasteiger charge is -2.09. The molecule has 0 fully saturated rings. The molecule has 0 saturated heterocycles. The van der Waals surface area contributed by atoms with Crippen molar-refractivity contribution >= 4 is 17.2 Å². The van der Waals surface area contributed by atoms with Crippen LogP contribution in [-0.4, -0.2) is 25.7 Å². The van der Waals surface area contributed by atoms with Gasteiger partial charge in [0.2, 0.25) is 5.82 Å². The van der Waals surface area contributed by atoms with E-state index in [9.17, 15) is 9.18 Å². The first-order chi connectivity index (χ1) is 16.0. The molecule has 164 valence electrons. The minimum atomic E-state index is -0.310. The van der Waals surface area contributed by atoms with Gasteiger partial charge in [0, 0.05) is 16.8 Å². The second-order valence-electron chi connectivity index (χ2n) is 7.62. The number of carbonyl (C=O) groups excluding carboxylic acids is 1. The molecule has 7 nitrogen and oxygen atoms in total. The van der Waals surface area contributed by atoms with E-state index in [4.69, 9.17) is 4.42 Å². The Morgan fingerprint density at radius 2 is 1.94 bits per heavy atom. The fourth-order valence-electron chi connectivity index (χ4n) is 3.60. The number of furan rings is 1. The van der Waals surface area contributed by atoms with Crippen LogP contribution >= 0.6 is 0 Å². The first-order valence-electron chi connectivity index (χ1n) is 10.5. The highest BCUT2D eigenvalue weighted by molar-refractivity contribution is 6.04. The van der Waals surface area contributed by atoms with E-state index in [0.717, 1.165) is 11.3 Å². The van der Waals surface area contributed by atoms with E-state index >= 15 is 0 Å². The smallest absolute Gasteiger partial charge is 0.255 e. The zero-order valence-electron chi connectivity index (χ0n) is 18.0. The lowest BCUT2D eigenvalue weighted by Crippen LogP contribution is -2.12. The van der Waals surface area contributed by atoms with Gasteiger partial charge in [0.05, 0.1) is 5.69 Å². The maximum atomic E-state index is 13.8. The molecule has 1 amide bonds. The van der Waals surface area contributed by atoms with Gasteiger partial charge in [-0.05, 0) is 73.5 Å². The Morgan fingerprint density at radius 1 is 1.06 bits per heavy atom. The molecule has 33 heavy (non-hydrogen) atoms. The number of aryl methyl sites for hydroxylation is 2. The third kappa shape index (κ3) is 3.98. The summed E-state index contributed by atoms with van der Waals surface area (Å²) in [7, 11) is 0. The molecule has 0 atom stereocenters. The van der Waals surface area contributed by atoms with Gasteiger partial charge in [-0.15, -0.1) is 10.2 Å². The Kier molecular flexibility index (Phi) is 5.18. The third-order valence-corrected chi connectivity index (χ3v) is 5.33. The van der Waals surface area contributed by atoms with Crippen molar-refractivity contribution < 1.29 is 13.6 Å². The van der Waals surface area contributed by atoms with Gasteiger partial charge in [0.25, 0.3) is 5.91 Å². The van der Waals surface area contributed by atoms with Crippen molar-refractivity contribution in [3.63, 3.8) is 0 Å². The lowest BCUT2D eigenvalue weighted by molar-refractivity contribution is 0.102. The van der Waals surface area contributed by atoms with Crippen molar-refractivity contribution in [1.82, 2.24) is 19.8 Å². The Labute approximate surface area is 188 Å². The van der Waals surface area contributed by atoms with Crippen LogP contribution in [0.15, 0.2) is 71.1 Å². The van der Waals surface area contributed by atoms with Crippen molar-refractivity contribution in [2.45, 2.75) is 20.3 Å². The fourth-order valence-corrected chi connectivity index (χ4v) is 3.60. The quantitative estimate of drug-likeness (QED) is 0.399. The first kappa shape index (κ1) is 20.6.